The molecule has 0 aliphatic carbocycles. The molecular weight excluding hydrogens is 246 g/mol. The van der Waals surface area contributed by atoms with Gasteiger partial charge in [-0.3, -0.25) is 4.79 Å². The maximum Gasteiger partial charge on any atom is 0.337 e. The molecule has 0 amide bonds. The number of ether oxygens (including phenoxy) is 1. The van der Waals surface area contributed by atoms with Crippen LogP contribution in [0.5, 0.6) is 0 Å². The smallest absolute Gasteiger partial charge is 0.337 e. The van der Waals surface area contributed by atoms with Crippen LogP contribution in [0.3, 0.4) is 0 Å². The molecule has 0 spiro atoms. The molecule has 1 aliphatic rings. The number of rotatable bonds is 4. The van der Waals surface area contributed by atoms with Gasteiger partial charge in [0, 0.05) is 31.5 Å². The lowest BCUT2D eigenvalue weighted by molar-refractivity contribution is 0.0694. The van der Waals surface area contributed by atoms with Gasteiger partial charge in [0.05, 0.1) is 5.56 Å². The SMILES string of the molecule is Cc1cc(=O)n(CCC2CCOC2)c(C)c1C(=O)O. The second-order valence-electron chi connectivity index (χ2n) is 5.10. The van der Waals surface area contributed by atoms with Crippen LogP contribution >= 0.6 is 0 Å². The number of aromatic nitrogens is 1. The molecule has 5 nitrogen and oxygen atoms in total. The van der Waals surface area contributed by atoms with Crippen LogP contribution in [0.1, 0.15) is 34.5 Å². The molecule has 2 rings (SSSR count). The number of aryl methyl sites for hydroxylation is 1. The predicted molar refractivity (Wildman–Crippen MR) is 70.7 cm³/mol. The van der Waals surface area contributed by atoms with E-state index in [0.717, 1.165) is 26.1 Å². The Labute approximate surface area is 111 Å². The molecule has 19 heavy (non-hydrogen) atoms. The second kappa shape index (κ2) is 5.57. The molecule has 1 atom stereocenters. The van der Waals surface area contributed by atoms with Gasteiger partial charge in [0.15, 0.2) is 0 Å². The van der Waals surface area contributed by atoms with Crippen LogP contribution in [0.4, 0.5) is 0 Å². The van der Waals surface area contributed by atoms with Crippen molar-refractivity contribution in [1.29, 1.82) is 0 Å². The minimum atomic E-state index is -0.979. The Bertz CT molecular complexity index is 541. The summed E-state index contributed by atoms with van der Waals surface area (Å²) in [6, 6.07) is 1.40. The van der Waals surface area contributed by atoms with E-state index in [9.17, 15) is 14.7 Å². The van der Waals surface area contributed by atoms with Gasteiger partial charge in [0.25, 0.3) is 5.56 Å². The topological polar surface area (TPSA) is 68.5 Å². The first-order valence-corrected chi connectivity index (χ1v) is 6.52. The number of pyridine rings is 1. The normalized spacial score (nSPS) is 18.7. The molecule has 1 fully saturated rings. The maximum absolute atomic E-state index is 12.0. The Morgan fingerprint density at radius 2 is 2.26 bits per heavy atom. The van der Waals surface area contributed by atoms with Gasteiger partial charge >= 0.3 is 5.97 Å². The molecule has 2 heterocycles. The fourth-order valence-corrected chi connectivity index (χ4v) is 2.64. The molecule has 1 N–H and O–H groups in total. The maximum atomic E-state index is 12.0. The summed E-state index contributed by atoms with van der Waals surface area (Å²) in [5, 5.41) is 9.21. The van der Waals surface area contributed by atoms with Crippen LogP contribution in [0, 0.1) is 19.8 Å². The number of aromatic carboxylic acids is 1. The standard InChI is InChI=1S/C14H19NO4/c1-9-7-12(16)15(10(2)13(9)14(17)18)5-3-11-4-6-19-8-11/h7,11H,3-6,8H2,1-2H3,(H,17,18). The van der Waals surface area contributed by atoms with E-state index in [1.807, 2.05) is 0 Å². The first kappa shape index (κ1) is 13.8. The molecule has 1 saturated heterocycles. The number of nitrogens with zero attached hydrogens (tertiary/aromatic N) is 1. The van der Waals surface area contributed by atoms with Crippen molar-refractivity contribution in [3.8, 4) is 0 Å². The van der Waals surface area contributed by atoms with Crippen LogP contribution in [0.2, 0.25) is 0 Å². The Balaban J connectivity index is 2.26. The molecule has 5 heteroatoms. The lowest BCUT2D eigenvalue weighted by atomic mass is 10.0. The van der Waals surface area contributed by atoms with Gasteiger partial charge in [0.2, 0.25) is 0 Å². The highest BCUT2D eigenvalue weighted by Crippen LogP contribution is 2.18. The van der Waals surface area contributed by atoms with Crippen LogP contribution in [-0.4, -0.2) is 28.9 Å². The van der Waals surface area contributed by atoms with E-state index in [2.05, 4.69) is 0 Å². The molecule has 0 saturated carbocycles. The highest BCUT2D eigenvalue weighted by molar-refractivity contribution is 5.90. The average molecular weight is 265 g/mol. The van der Waals surface area contributed by atoms with Gasteiger partial charge in [-0.1, -0.05) is 0 Å². The van der Waals surface area contributed by atoms with E-state index >= 15 is 0 Å². The fourth-order valence-electron chi connectivity index (χ4n) is 2.64. The quantitative estimate of drug-likeness (QED) is 0.897. The van der Waals surface area contributed by atoms with E-state index in [0.29, 0.717) is 23.7 Å². The number of carboxylic acids is 1. The largest absolute Gasteiger partial charge is 0.478 e. The van der Waals surface area contributed by atoms with E-state index in [-0.39, 0.29) is 11.1 Å². The van der Waals surface area contributed by atoms with Gasteiger partial charge < -0.3 is 14.4 Å². The van der Waals surface area contributed by atoms with Crippen LogP contribution in [0.25, 0.3) is 0 Å². The van der Waals surface area contributed by atoms with Crippen LogP contribution in [-0.2, 0) is 11.3 Å². The third kappa shape index (κ3) is 2.87. The highest BCUT2D eigenvalue weighted by Gasteiger charge is 2.19. The molecule has 0 radical (unpaired) electrons. The van der Waals surface area contributed by atoms with Crippen LogP contribution < -0.4 is 5.56 Å². The summed E-state index contributed by atoms with van der Waals surface area (Å²) in [5.41, 5.74) is 1.17. The zero-order chi connectivity index (χ0) is 14.0. The lowest BCUT2D eigenvalue weighted by Crippen LogP contribution is -2.26. The van der Waals surface area contributed by atoms with Crippen molar-refractivity contribution in [3.05, 3.63) is 33.2 Å². The zero-order valence-electron chi connectivity index (χ0n) is 11.3. The van der Waals surface area contributed by atoms with Crippen molar-refractivity contribution in [2.45, 2.75) is 33.2 Å². The molecule has 104 valence electrons. The number of hydrogen-bond donors (Lipinski definition) is 1. The minimum absolute atomic E-state index is 0.126. The molecule has 0 aromatic carbocycles. The monoisotopic (exact) mass is 265 g/mol. The van der Waals surface area contributed by atoms with E-state index < -0.39 is 5.97 Å². The summed E-state index contributed by atoms with van der Waals surface area (Å²) in [5.74, 6) is -0.506. The summed E-state index contributed by atoms with van der Waals surface area (Å²) in [4.78, 5) is 23.2. The van der Waals surface area contributed by atoms with Crippen LogP contribution in [0.15, 0.2) is 10.9 Å². The van der Waals surface area contributed by atoms with Crippen molar-refractivity contribution in [1.82, 2.24) is 4.57 Å². The Morgan fingerprint density at radius 3 is 2.84 bits per heavy atom. The average Bonchev–Trinajstić information content (AvgIpc) is 2.80. The number of carboxylic acid groups (broad SMARTS) is 1. The minimum Gasteiger partial charge on any atom is -0.478 e. The number of carbonyl (C=O) groups is 1. The molecule has 1 aromatic rings. The van der Waals surface area contributed by atoms with E-state index in [4.69, 9.17) is 4.74 Å². The van der Waals surface area contributed by atoms with E-state index in [1.165, 1.54) is 6.07 Å². The first-order valence-electron chi connectivity index (χ1n) is 6.52. The van der Waals surface area contributed by atoms with Crippen molar-refractivity contribution in [2.24, 2.45) is 5.92 Å². The van der Waals surface area contributed by atoms with Crippen molar-refractivity contribution >= 4 is 5.97 Å². The summed E-state index contributed by atoms with van der Waals surface area (Å²) in [6.07, 6.45) is 1.87. The van der Waals surface area contributed by atoms with Gasteiger partial charge in [-0.25, -0.2) is 4.79 Å². The molecule has 1 unspecified atom stereocenters. The van der Waals surface area contributed by atoms with Crippen molar-refractivity contribution in [2.75, 3.05) is 13.2 Å². The predicted octanol–water partition coefficient (Wildman–Crippen LogP) is 1.59. The lowest BCUT2D eigenvalue weighted by Gasteiger charge is -2.15. The molecule has 1 aliphatic heterocycles. The van der Waals surface area contributed by atoms with Crippen molar-refractivity contribution in [3.63, 3.8) is 0 Å². The third-order valence-corrected chi connectivity index (χ3v) is 3.77. The fraction of sp³-hybridized carbons (Fsp3) is 0.571. The highest BCUT2D eigenvalue weighted by atomic mass is 16.5. The van der Waals surface area contributed by atoms with Gasteiger partial charge in [0.1, 0.15) is 0 Å². The first-order chi connectivity index (χ1) is 9.00. The summed E-state index contributed by atoms with van der Waals surface area (Å²) in [7, 11) is 0. The number of hydrogen-bond acceptors (Lipinski definition) is 3. The summed E-state index contributed by atoms with van der Waals surface area (Å²) >= 11 is 0. The molecular formula is C14H19NO4. The third-order valence-electron chi connectivity index (χ3n) is 3.77. The Morgan fingerprint density at radius 1 is 1.53 bits per heavy atom. The van der Waals surface area contributed by atoms with Crippen molar-refractivity contribution < 1.29 is 14.6 Å². The second-order valence-corrected chi connectivity index (χ2v) is 5.10. The summed E-state index contributed by atoms with van der Waals surface area (Å²) in [6.45, 7) is 5.44. The molecule has 1 aromatic heterocycles. The van der Waals surface area contributed by atoms with E-state index in [1.54, 1.807) is 18.4 Å². The van der Waals surface area contributed by atoms with Gasteiger partial charge in [-0.15, -0.1) is 0 Å². The zero-order valence-corrected chi connectivity index (χ0v) is 11.3. The Hall–Kier alpha value is -1.62. The molecule has 0 bridgehead atoms. The van der Waals surface area contributed by atoms with Gasteiger partial charge in [-0.2, -0.15) is 0 Å². The summed E-state index contributed by atoms with van der Waals surface area (Å²) < 4.78 is 6.87. The van der Waals surface area contributed by atoms with Gasteiger partial charge in [-0.05, 0) is 38.2 Å². The Kier molecular flexibility index (Phi) is 4.04.